The van der Waals surface area contributed by atoms with Crippen molar-refractivity contribution in [2.45, 2.75) is 53.4 Å². The van der Waals surface area contributed by atoms with E-state index in [0.717, 1.165) is 31.1 Å². The minimum absolute atomic E-state index is 0.348. The van der Waals surface area contributed by atoms with Gasteiger partial charge in [0.25, 0.3) is 0 Å². The fourth-order valence-electron chi connectivity index (χ4n) is 2.75. The van der Waals surface area contributed by atoms with Crippen LogP contribution in [0.2, 0.25) is 0 Å². The molecule has 0 N–H and O–H groups in total. The lowest BCUT2D eigenvalue weighted by molar-refractivity contribution is 0.361. The second kappa shape index (κ2) is 10.6. The molecular weight excluding hydrogens is 336 g/mol. The summed E-state index contributed by atoms with van der Waals surface area (Å²) in [4.78, 5) is 11.3. The molecule has 0 aliphatic carbocycles. The maximum Gasteiger partial charge on any atom is 0.336 e. The molecule has 0 aliphatic rings. The quantitative estimate of drug-likeness (QED) is 0.371. The first-order valence-corrected chi connectivity index (χ1v) is 9.55. The Hall–Kier alpha value is -2.55. The van der Waals surface area contributed by atoms with Crippen LogP contribution < -0.4 is 10.4 Å². The van der Waals surface area contributed by atoms with E-state index in [1.54, 1.807) is 12.1 Å². The van der Waals surface area contributed by atoms with Crippen molar-refractivity contribution in [3.05, 3.63) is 75.7 Å². The molecule has 144 valence electrons. The van der Waals surface area contributed by atoms with Gasteiger partial charge >= 0.3 is 5.63 Å². The van der Waals surface area contributed by atoms with E-state index < -0.39 is 0 Å². The van der Waals surface area contributed by atoms with Crippen molar-refractivity contribution in [1.82, 2.24) is 0 Å². The summed E-state index contributed by atoms with van der Waals surface area (Å²) in [6.07, 6.45) is 11.1. The van der Waals surface area contributed by atoms with E-state index in [2.05, 4.69) is 45.9 Å². The van der Waals surface area contributed by atoms with Crippen LogP contribution in [0.1, 0.15) is 53.4 Å². The molecule has 0 radical (unpaired) electrons. The van der Waals surface area contributed by atoms with E-state index in [-0.39, 0.29) is 5.63 Å². The highest BCUT2D eigenvalue weighted by Gasteiger charge is 2.00. The SMILES string of the molecule is CC(C)=CCC/C(C)=C\CC/C(C)=C\COc1ccc2ccc(=O)oc2c1. The summed E-state index contributed by atoms with van der Waals surface area (Å²) in [5.74, 6) is 0.705. The molecule has 0 amide bonds. The van der Waals surface area contributed by atoms with E-state index in [1.807, 2.05) is 12.1 Å². The van der Waals surface area contributed by atoms with Gasteiger partial charge in [-0.3, -0.25) is 0 Å². The van der Waals surface area contributed by atoms with Gasteiger partial charge in [0.1, 0.15) is 17.9 Å². The number of hydrogen-bond acceptors (Lipinski definition) is 3. The third-order valence-electron chi connectivity index (χ3n) is 4.40. The highest BCUT2D eigenvalue weighted by atomic mass is 16.5. The number of ether oxygens (including phenoxy) is 1. The highest BCUT2D eigenvalue weighted by Crippen LogP contribution is 2.19. The summed E-state index contributed by atoms with van der Waals surface area (Å²) in [5.41, 5.74) is 4.36. The van der Waals surface area contributed by atoms with Crippen LogP contribution in [-0.2, 0) is 0 Å². The van der Waals surface area contributed by atoms with Crippen LogP contribution in [-0.4, -0.2) is 6.61 Å². The number of benzene rings is 1. The number of hydrogen-bond donors (Lipinski definition) is 0. The minimum Gasteiger partial charge on any atom is -0.489 e. The molecule has 2 rings (SSSR count). The Morgan fingerprint density at radius 2 is 1.59 bits per heavy atom. The summed E-state index contributed by atoms with van der Waals surface area (Å²) in [6, 6.07) is 8.73. The summed E-state index contributed by atoms with van der Waals surface area (Å²) in [5, 5.41) is 0.889. The zero-order valence-corrected chi connectivity index (χ0v) is 16.9. The molecule has 2 aromatic rings. The molecule has 0 unspecified atom stereocenters. The second-order valence-electron chi connectivity index (χ2n) is 7.22. The first kappa shape index (κ1) is 20.8. The zero-order valence-electron chi connectivity index (χ0n) is 16.9. The van der Waals surface area contributed by atoms with Gasteiger partial charge in [0.05, 0.1) is 0 Å². The van der Waals surface area contributed by atoms with Gasteiger partial charge in [0.2, 0.25) is 0 Å². The predicted octanol–water partition coefficient (Wildman–Crippen LogP) is 6.59. The fourth-order valence-corrected chi connectivity index (χ4v) is 2.75. The molecule has 27 heavy (non-hydrogen) atoms. The number of fused-ring (bicyclic) bond motifs is 1. The van der Waals surface area contributed by atoms with Crippen LogP contribution in [0.5, 0.6) is 5.75 Å². The van der Waals surface area contributed by atoms with Gasteiger partial charge in [-0.2, -0.15) is 0 Å². The summed E-state index contributed by atoms with van der Waals surface area (Å²) < 4.78 is 11.0. The largest absolute Gasteiger partial charge is 0.489 e. The van der Waals surface area contributed by atoms with Crippen molar-refractivity contribution >= 4 is 11.0 Å². The Morgan fingerprint density at radius 3 is 2.33 bits per heavy atom. The van der Waals surface area contributed by atoms with Crippen molar-refractivity contribution in [1.29, 1.82) is 0 Å². The van der Waals surface area contributed by atoms with Crippen molar-refractivity contribution in [2.75, 3.05) is 6.61 Å². The van der Waals surface area contributed by atoms with E-state index in [1.165, 1.54) is 22.8 Å². The first-order chi connectivity index (χ1) is 12.9. The van der Waals surface area contributed by atoms with Crippen molar-refractivity contribution in [3.63, 3.8) is 0 Å². The summed E-state index contributed by atoms with van der Waals surface area (Å²) in [7, 11) is 0. The molecule has 1 aromatic heterocycles. The Bertz CT molecular complexity index is 893. The molecule has 0 bridgehead atoms. The molecule has 1 aromatic carbocycles. The Kier molecular flexibility index (Phi) is 8.12. The lowest BCUT2D eigenvalue weighted by Gasteiger charge is -2.05. The third kappa shape index (κ3) is 7.69. The van der Waals surface area contributed by atoms with Gasteiger partial charge in [0.15, 0.2) is 0 Å². The van der Waals surface area contributed by atoms with Crippen LogP contribution in [0, 0.1) is 0 Å². The zero-order chi connectivity index (χ0) is 19.6. The summed E-state index contributed by atoms with van der Waals surface area (Å²) >= 11 is 0. The second-order valence-corrected chi connectivity index (χ2v) is 7.22. The van der Waals surface area contributed by atoms with E-state index >= 15 is 0 Å². The van der Waals surface area contributed by atoms with Crippen molar-refractivity contribution < 1.29 is 9.15 Å². The third-order valence-corrected chi connectivity index (χ3v) is 4.40. The lowest BCUT2D eigenvalue weighted by Crippen LogP contribution is -1.97. The Labute approximate surface area is 162 Å². The van der Waals surface area contributed by atoms with Crippen LogP contribution in [0.25, 0.3) is 11.0 Å². The molecule has 1 heterocycles. The van der Waals surface area contributed by atoms with Crippen molar-refractivity contribution in [3.8, 4) is 5.75 Å². The van der Waals surface area contributed by atoms with E-state index in [4.69, 9.17) is 9.15 Å². The van der Waals surface area contributed by atoms with E-state index in [9.17, 15) is 4.79 Å². The smallest absolute Gasteiger partial charge is 0.336 e. The first-order valence-electron chi connectivity index (χ1n) is 9.55. The summed E-state index contributed by atoms with van der Waals surface area (Å²) in [6.45, 7) is 9.14. The van der Waals surface area contributed by atoms with Gasteiger partial charge < -0.3 is 9.15 Å². The van der Waals surface area contributed by atoms with Crippen LogP contribution in [0.15, 0.2) is 74.5 Å². The van der Waals surface area contributed by atoms with Crippen molar-refractivity contribution in [2.24, 2.45) is 0 Å². The van der Waals surface area contributed by atoms with Crippen LogP contribution in [0.3, 0.4) is 0 Å². The molecule has 0 spiro atoms. The fraction of sp³-hybridized carbons (Fsp3) is 0.375. The van der Waals surface area contributed by atoms with Gasteiger partial charge in [0, 0.05) is 17.5 Å². The molecule has 0 aliphatic heterocycles. The molecule has 3 nitrogen and oxygen atoms in total. The molecule has 3 heteroatoms. The maximum absolute atomic E-state index is 11.3. The monoisotopic (exact) mass is 366 g/mol. The van der Waals surface area contributed by atoms with Crippen LogP contribution >= 0.6 is 0 Å². The minimum atomic E-state index is -0.348. The average molecular weight is 367 g/mol. The topological polar surface area (TPSA) is 39.4 Å². The molecule has 0 saturated heterocycles. The molecule has 0 fully saturated rings. The van der Waals surface area contributed by atoms with E-state index in [0.29, 0.717) is 17.9 Å². The van der Waals surface area contributed by atoms with Gasteiger partial charge in [-0.05, 0) is 77.7 Å². The van der Waals surface area contributed by atoms with Gasteiger partial charge in [-0.25, -0.2) is 4.79 Å². The van der Waals surface area contributed by atoms with Gasteiger partial charge in [-0.1, -0.05) is 28.9 Å². The van der Waals surface area contributed by atoms with Crippen LogP contribution in [0.4, 0.5) is 0 Å². The maximum atomic E-state index is 11.3. The average Bonchev–Trinajstić information content (AvgIpc) is 2.61. The predicted molar refractivity (Wildman–Crippen MR) is 113 cm³/mol. The van der Waals surface area contributed by atoms with Gasteiger partial charge in [-0.15, -0.1) is 0 Å². The Morgan fingerprint density at radius 1 is 0.926 bits per heavy atom. The highest BCUT2D eigenvalue weighted by molar-refractivity contribution is 5.77. The normalized spacial score (nSPS) is 12.3. The standard InChI is InChI=1S/C24H30O3/c1-18(2)7-5-8-19(3)9-6-10-20(4)15-16-26-22-13-11-21-12-14-24(25)27-23(21)17-22/h7,9,11-15,17H,5-6,8,10,16H2,1-4H3/b19-9-,20-15-. The number of allylic oxidation sites excluding steroid dienone is 5. The Balaban J connectivity index is 1.78. The molecule has 0 atom stereocenters. The molecule has 0 saturated carbocycles. The number of rotatable bonds is 9. The molecular formula is C24H30O3. The lowest BCUT2D eigenvalue weighted by atomic mass is 10.1.